The first kappa shape index (κ1) is 13.8. The van der Waals surface area contributed by atoms with Crippen LogP contribution in [0.5, 0.6) is 0 Å². The third-order valence-corrected chi connectivity index (χ3v) is 5.79. The maximum Gasteiger partial charge on any atom is 0.241 e. The van der Waals surface area contributed by atoms with Crippen LogP contribution in [0.25, 0.3) is 0 Å². The number of alkyl halides is 1. The van der Waals surface area contributed by atoms with Gasteiger partial charge < -0.3 is 0 Å². The number of rotatable bonds is 4. The minimum atomic E-state index is -3.46. The first-order chi connectivity index (χ1) is 8.38. The summed E-state index contributed by atoms with van der Waals surface area (Å²) in [4.78, 5) is 0.321. The molecule has 100 valence electrons. The molecule has 1 N–H and O–H groups in total. The number of halogens is 1. The summed E-state index contributed by atoms with van der Waals surface area (Å²) in [6, 6.07) is 5.18. The number of benzene rings is 1. The van der Waals surface area contributed by atoms with Crippen molar-refractivity contribution in [3.05, 3.63) is 29.3 Å². The summed E-state index contributed by atoms with van der Waals surface area (Å²) in [6.07, 6.45) is 2.67. The Balaban J connectivity index is 2.28. The van der Waals surface area contributed by atoms with Crippen molar-refractivity contribution in [1.82, 2.24) is 4.72 Å². The van der Waals surface area contributed by atoms with Gasteiger partial charge in [-0.1, -0.05) is 6.07 Å². The molecule has 1 fully saturated rings. The van der Waals surface area contributed by atoms with Gasteiger partial charge in [-0.3, -0.25) is 0 Å². The molecule has 0 aliphatic heterocycles. The maximum absolute atomic E-state index is 12.3. The van der Waals surface area contributed by atoms with E-state index >= 15 is 0 Å². The SMILES string of the molecule is Cc1ccc(S(=O)(=O)NC2(CCl)CCC2)cc1C. The average molecular weight is 288 g/mol. The number of hydrogen-bond acceptors (Lipinski definition) is 2. The molecule has 0 atom stereocenters. The molecule has 0 saturated heterocycles. The summed E-state index contributed by atoms with van der Waals surface area (Å²) in [5, 5.41) is 0. The van der Waals surface area contributed by atoms with E-state index in [4.69, 9.17) is 11.6 Å². The predicted octanol–water partition coefficient (Wildman–Crippen LogP) is 2.74. The second kappa shape index (κ2) is 4.83. The molecule has 0 radical (unpaired) electrons. The molecule has 0 aromatic heterocycles. The third-order valence-electron chi connectivity index (χ3n) is 3.71. The highest BCUT2D eigenvalue weighted by Crippen LogP contribution is 2.34. The summed E-state index contributed by atoms with van der Waals surface area (Å²) >= 11 is 5.88. The second-order valence-corrected chi connectivity index (χ2v) is 7.07. The normalized spacial score (nSPS) is 18.4. The van der Waals surface area contributed by atoms with Crippen molar-refractivity contribution in [2.75, 3.05) is 5.88 Å². The van der Waals surface area contributed by atoms with Crippen LogP contribution in [0.2, 0.25) is 0 Å². The van der Waals surface area contributed by atoms with E-state index in [-0.39, 0.29) is 0 Å². The van der Waals surface area contributed by atoms with E-state index in [1.54, 1.807) is 12.1 Å². The fraction of sp³-hybridized carbons (Fsp3) is 0.538. The first-order valence-corrected chi connectivity index (χ1v) is 8.08. The Kier molecular flexibility index (Phi) is 3.72. The summed E-state index contributed by atoms with van der Waals surface area (Å²) in [5.74, 6) is 0.330. The third kappa shape index (κ3) is 2.56. The zero-order chi connectivity index (χ0) is 13.4. The topological polar surface area (TPSA) is 46.2 Å². The Hall–Kier alpha value is -0.580. The van der Waals surface area contributed by atoms with E-state index in [1.807, 2.05) is 19.9 Å². The first-order valence-electron chi connectivity index (χ1n) is 6.06. The van der Waals surface area contributed by atoms with Crippen molar-refractivity contribution in [1.29, 1.82) is 0 Å². The van der Waals surface area contributed by atoms with Crippen LogP contribution in [0.3, 0.4) is 0 Å². The van der Waals surface area contributed by atoms with Crippen LogP contribution in [0.1, 0.15) is 30.4 Å². The number of aryl methyl sites for hydroxylation is 2. The van der Waals surface area contributed by atoms with Crippen molar-refractivity contribution in [3.8, 4) is 0 Å². The van der Waals surface area contributed by atoms with E-state index in [0.29, 0.717) is 10.8 Å². The Bertz CT molecular complexity index is 545. The second-order valence-electron chi connectivity index (χ2n) is 5.12. The van der Waals surface area contributed by atoms with E-state index in [9.17, 15) is 8.42 Å². The summed E-state index contributed by atoms with van der Waals surface area (Å²) < 4.78 is 27.3. The van der Waals surface area contributed by atoms with Crippen molar-refractivity contribution < 1.29 is 8.42 Å². The molecule has 18 heavy (non-hydrogen) atoms. The van der Waals surface area contributed by atoms with Gasteiger partial charge in [-0.2, -0.15) is 0 Å². The van der Waals surface area contributed by atoms with E-state index in [0.717, 1.165) is 30.4 Å². The summed E-state index contributed by atoms with van der Waals surface area (Å²) in [7, 11) is -3.46. The van der Waals surface area contributed by atoms with Gasteiger partial charge in [0.1, 0.15) is 0 Å². The van der Waals surface area contributed by atoms with Crippen LogP contribution in [-0.2, 0) is 10.0 Å². The van der Waals surface area contributed by atoms with E-state index in [1.165, 1.54) is 0 Å². The van der Waals surface area contributed by atoms with Crippen LogP contribution in [0.15, 0.2) is 23.1 Å². The molecule has 1 aromatic rings. The maximum atomic E-state index is 12.3. The Morgan fingerprint density at radius 1 is 1.28 bits per heavy atom. The van der Waals surface area contributed by atoms with Crippen LogP contribution >= 0.6 is 11.6 Å². The van der Waals surface area contributed by atoms with Gasteiger partial charge in [0.2, 0.25) is 10.0 Å². The van der Waals surface area contributed by atoms with Crippen molar-refractivity contribution >= 4 is 21.6 Å². The molecule has 1 aliphatic carbocycles. The largest absolute Gasteiger partial charge is 0.241 e. The fourth-order valence-electron chi connectivity index (χ4n) is 2.09. The minimum Gasteiger partial charge on any atom is -0.207 e. The Labute approximate surface area is 114 Å². The summed E-state index contributed by atoms with van der Waals surface area (Å²) in [6.45, 7) is 3.88. The molecular formula is C13H18ClNO2S. The predicted molar refractivity (Wildman–Crippen MR) is 73.5 cm³/mol. The quantitative estimate of drug-likeness (QED) is 0.866. The van der Waals surface area contributed by atoms with Crippen LogP contribution in [0, 0.1) is 13.8 Å². The van der Waals surface area contributed by atoms with Gasteiger partial charge in [0.15, 0.2) is 0 Å². The van der Waals surface area contributed by atoms with Gasteiger partial charge in [0, 0.05) is 11.4 Å². The highest BCUT2D eigenvalue weighted by atomic mass is 35.5. The van der Waals surface area contributed by atoms with Crippen LogP contribution < -0.4 is 4.72 Å². The molecule has 0 unspecified atom stereocenters. The van der Waals surface area contributed by atoms with Gasteiger partial charge in [0.05, 0.1) is 4.90 Å². The van der Waals surface area contributed by atoms with Crippen molar-refractivity contribution in [3.63, 3.8) is 0 Å². The van der Waals surface area contributed by atoms with Crippen molar-refractivity contribution in [2.45, 2.75) is 43.5 Å². The number of hydrogen-bond donors (Lipinski definition) is 1. The Morgan fingerprint density at radius 3 is 2.39 bits per heavy atom. The molecular weight excluding hydrogens is 270 g/mol. The Morgan fingerprint density at radius 2 is 1.94 bits per heavy atom. The highest BCUT2D eigenvalue weighted by molar-refractivity contribution is 7.89. The fourth-order valence-corrected chi connectivity index (χ4v) is 4.05. The molecule has 2 rings (SSSR count). The lowest BCUT2D eigenvalue weighted by Crippen LogP contribution is -2.54. The number of sulfonamides is 1. The molecule has 1 saturated carbocycles. The molecule has 1 aliphatic rings. The highest BCUT2D eigenvalue weighted by Gasteiger charge is 2.40. The van der Waals surface area contributed by atoms with Gasteiger partial charge in [-0.25, -0.2) is 13.1 Å². The van der Waals surface area contributed by atoms with Gasteiger partial charge in [0.25, 0.3) is 0 Å². The van der Waals surface area contributed by atoms with Gasteiger partial charge >= 0.3 is 0 Å². The van der Waals surface area contributed by atoms with Gasteiger partial charge in [-0.15, -0.1) is 11.6 Å². The van der Waals surface area contributed by atoms with Crippen LogP contribution in [0.4, 0.5) is 0 Å². The number of nitrogens with one attached hydrogen (secondary N) is 1. The lowest BCUT2D eigenvalue weighted by Gasteiger charge is -2.40. The molecule has 1 aromatic carbocycles. The van der Waals surface area contributed by atoms with Gasteiger partial charge in [-0.05, 0) is 56.4 Å². The lowest BCUT2D eigenvalue weighted by atomic mass is 9.79. The van der Waals surface area contributed by atoms with Crippen LogP contribution in [-0.4, -0.2) is 19.8 Å². The molecule has 3 nitrogen and oxygen atoms in total. The minimum absolute atomic E-state index is 0.321. The lowest BCUT2D eigenvalue weighted by molar-refractivity contribution is 0.252. The zero-order valence-corrected chi connectivity index (χ0v) is 12.2. The monoisotopic (exact) mass is 287 g/mol. The molecule has 0 heterocycles. The summed E-state index contributed by atoms with van der Waals surface area (Å²) in [5.41, 5.74) is 1.63. The smallest absolute Gasteiger partial charge is 0.207 e. The van der Waals surface area contributed by atoms with Crippen molar-refractivity contribution in [2.24, 2.45) is 0 Å². The standard InChI is InChI=1S/C13H18ClNO2S/c1-10-4-5-12(8-11(10)2)18(16,17)15-13(9-14)6-3-7-13/h4-5,8,15H,3,6-7,9H2,1-2H3. The molecule has 5 heteroatoms. The molecule has 0 amide bonds. The molecule has 0 bridgehead atoms. The molecule has 0 spiro atoms. The van der Waals surface area contributed by atoms with E-state index < -0.39 is 15.6 Å². The van der Waals surface area contributed by atoms with E-state index in [2.05, 4.69) is 4.72 Å². The zero-order valence-electron chi connectivity index (χ0n) is 10.7. The average Bonchev–Trinajstić information content (AvgIpc) is 2.27.